The average Bonchev–Trinajstić information content (AvgIpc) is 3.32. The number of urea groups is 1. The molecule has 4 heterocycles. The number of nitrogens with one attached hydrogen (secondary N) is 1. The number of rotatable bonds is 2. The fourth-order valence-corrected chi connectivity index (χ4v) is 4.14. The van der Waals surface area contributed by atoms with E-state index in [0.29, 0.717) is 30.2 Å². The third-order valence-corrected chi connectivity index (χ3v) is 5.47. The first-order valence-electron chi connectivity index (χ1n) is 7.37. The number of hydrogen-bond donors (Lipinski definition) is 1. The van der Waals surface area contributed by atoms with Gasteiger partial charge in [0.25, 0.3) is 0 Å². The molecule has 12 heteroatoms. The molecular weight excluding hydrogens is 391 g/mol. The zero-order valence-electron chi connectivity index (χ0n) is 12.9. The van der Waals surface area contributed by atoms with Crippen LogP contribution in [-0.2, 0) is 19.1 Å². The Balaban J connectivity index is 1.50. The predicted molar refractivity (Wildman–Crippen MR) is 87.9 cm³/mol. The molecule has 3 aromatic rings. The molecule has 0 radical (unpaired) electrons. The van der Waals surface area contributed by atoms with Crippen molar-refractivity contribution in [2.24, 2.45) is 0 Å². The van der Waals surface area contributed by atoms with Crippen LogP contribution in [-0.4, -0.2) is 32.6 Å². The van der Waals surface area contributed by atoms with Gasteiger partial charge in [-0.25, -0.2) is 9.78 Å². The smallest absolute Gasteiger partial charge is 0.329 e. The first kappa shape index (κ1) is 17.0. The fraction of sp³-hybridized carbons (Fsp3) is 0.286. The van der Waals surface area contributed by atoms with Gasteiger partial charge in [-0.1, -0.05) is 5.16 Å². The molecule has 0 atom stereocenters. The summed E-state index contributed by atoms with van der Waals surface area (Å²) in [7, 11) is 0. The Morgan fingerprint density at radius 2 is 2.23 bits per heavy atom. The van der Waals surface area contributed by atoms with Crippen LogP contribution < -0.4 is 5.32 Å². The standard InChI is InChI=1S/C14H10F3N5O2S2/c15-14(16,17)12-20-11(21-24-12)8-3-7-1-2-22(4-9(7)26-8)13(23)19-10-5-25-6-18-10/h3,5-6H,1-2,4H2,(H,19,23). The van der Waals surface area contributed by atoms with Crippen LogP contribution in [0, 0.1) is 0 Å². The van der Waals surface area contributed by atoms with Crippen molar-refractivity contribution in [1.82, 2.24) is 20.0 Å². The molecule has 0 aliphatic carbocycles. The van der Waals surface area contributed by atoms with E-state index in [4.69, 9.17) is 0 Å². The molecule has 0 saturated carbocycles. The molecule has 2 amide bonds. The van der Waals surface area contributed by atoms with Crippen molar-refractivity contribution in [3.05, 3.63) is 33.3 Å². The van der Waals surface area contributed by atoms with E-state index in [1.54, 1.807) is 21.9 Å². The summed E-state index contributed by atoms with van der Waals surface area (Å²) >= 11 is 2.63. The summed E-state index contributed by atoms with van der Waals surface area (Å²) in [5.41, 5.74) is 2.59. The van der Waals surface area contributed by atoms with E-state index in [1.165, 1.54) is 22.7 Å². The Labute approximate surface area is 152 Å². The van der Waals surface area contributed by atoms with Crippen LogP contribution in [0.5, 0.6) is 0 Å². The summed E-state index contributed by atoms with van der Waals surface area (Å²) in [6, 6.07) is 1.48. The second-order valence-electron chi connectivity index (χ2n) is 5.46. The van der Waals surface area contributed by atoms with E-state index >= 15 is 0 Å². The van der Waals surface area contributed by atoms with Gasteiger partial charge in [-0.2, -0.15) is 18.2 Å². The lowest BCUT2D eigenvalue weighted by molar-refractivity contribution is -0.159. The Morgan fingerprint density at radius 1 is 1.38 bits per heavy atom. The molecule has 0 spiro atoms. The van der Waals surface area contributed by atoms with Crippen LogP contribution in [0.1, 0.15) is 16.3 Å². The number of alkyl halides is 3. The number of thiophene rings is 1. The topological polar surface area (TPSA) is 84.2 Å². The largest absolute Gasteiger partial charge is 0.471 e. The van der Waals surface area contributed by atoms with Gasteiger partial charge < -0.3 is 9.42 Å². The minimum atomic E-state index is -4.67. The highest BCUT2D eigenvalue weighted by Gasteiger charge is 2.38. The molecule has 26 heavy (non-hydrogen) atoms. The summed E-state index contributed by atoms with van der Waals surface area (Å²) in [5.74, 6) is -0.984. The van der Waals surface area contributed by atoms with Gasteiger partial charge in [0.2, 0.25) is 5.82 Å². The van der Waals surface area contributed by atoms with Gasteiger partial charge in [-0.3, -0.25) is 5.32 Å². The monoisotopic (exact) mass is 401 g/mol. The van der Waals surface area contributed by atoms with Crippen LogP contribution in [0.4, 0.5) is 23.8 Å². The van der Waals surface area contributed by atoms with E-state index in [1.807, 2.05) is 0 Å². The number of halogens is 3. The van der Waals surface area contributed by atoms with E-state index in [-0.39, 0.29) is 11.9 Å². The third kappa shape index (κ3) is 3.29. The summed E-state index contributed by atoms with van der Waals surface area (Å²) in [5, 5.41) is 7.84. The molecular formula is C14H10F3N5O2S2. The lowest BCUT2D eigenvalue weighted by Crippen LogP contribution is -2.38. The number of amides is 2. The second kappa shape index (κ2) is 6.36. The van der Waals surface area contributed by atoms with Crippen molar-refractivity contribution < 1.29 is 22.5 Å². The van der Waals surface area contributed by atoms with Gasteiger partial charge >= 0.3 is 18.1 Å². The first-order valence-corrected chi connectivity index (χ1v) is 9.13. The summed E-state index contributed by atoms with van der Waals surface area (Å²) in [6.45, 7) is 0.860. The minimum Gasteiger partial charge on any atom is -0.329 e. The molecule has 1 aliphatic heterocycles. The second-order valence-corrected chi connectivity index (χ2v) is 7.31. The van der Waals surface area contributed by atoms with Gasteiger partial charge in [0.05, 0.1) is 16.9 Å². The molecule has 136 valence electrons. The van der Waals surface area contributed by atoms with Crippen molar-refractivity contribution in [1.29, 1.82) is 0 Å². The molecule has 0 bridgehead atoms. The normalized spacial score (nSPS) is 14.3. The summed E-state index contributed by atoms with van der Waals surface area (Å²) in [4.78, 5) is 22.7. The lowest BCUT2D eigenvalue weighted by Gasteiger charge is -2.26. The number of aromatic nitrogens is 3. The number of thiazole rings is 1. The van der Waals surface area contributed by atoms with Gasteiger partial charge in [0.15, 0.2) is 0 Å². The van der Waals surface area contributed by atoms with Crippen LogP contribution in [0.2, 0.25) is 0 Å². The Hall–Kier alpha value is -2.47. The van der Waals surface area contributed by atoms with Crippen molar-refractivity contribution in [3.8, 4) is 10.7 Å². The highest BCUT2D eigenvalue weighted by molar-refractivity contribution is 7.15. The van der Waals surface area contributed by atoms with E-state index in [9.17, 15) is 18.0 Å². The molecule has 1 N–H and O–H groups in total. The molecule has 1 aliphatic rings. The van der Waals surface area contributed by atoms with E-state index < -0.39 is 12.1 Å². The third-order valence-electron chi connectivity index (χ3n) is 3.73. The molecule has 0 aromatic carbocycles. The average molecular weight is 401 g/mol. The van der Waals surface area contributed by atoms with Gasteiger partial charge in [0, 0.05) is 16.8 Å². The molecule has 0 unspecified atom stereocenters. The van der Waals surface area contributed by atoms with Crippen LogP contribution in [0.15, 0.2) is 21.5 Å². The number of hydrogen-bond acceptors (Lipinski definition) is 7. The quantitative estimate of drug-likeness (QED) is 0.705. The summed E-state index contributed by atoms with van der Waals surface area (Å²) in [6.07, 6.45) is -4.08. The van der Waals surface area contributed by atoms with Crippen molar-refractivity contribution in [2.75, 3.05) is 11.9 Å². The lowest BCUT2D eigenvalue weighted by atomic mass is 10.1. The zero-order valence-corrected chi connectivity index (χ0v) is 14.5. The number of anilines is 1. The van der Waals surface area contributed by atoms with Crippen LogP contribution >= 0.6 is 22.7 Å². The number of nitrogens with zero attached hydrogens (tertiary/aromatic N) is 4. The minimum absolute atomic E-state index is 0.102. The van der Waals surface area contributed by atoms with Crippen molar-refractivity contribution >= 4 is 34.5 Å². The maximum atomic E-state index is 12.6. The van der Waals surface area contributed by atoms with Crippen LogP contribution in [0.3, 0.4) is 0 Å². The maximum absolute atomic E-state index is 12.6. The van der Waals surface area contributed by atoms with Crippen molar-refractivity contribution in [3.63, 3.8) is 0 Å². The number of carbonyl (C=O) groups excluding carboxylic acids is 1. The van der Waals surface area contributed by atoms with E-state index in [2.05, 4.69) is 25.0 Å². The highest BCUT2D eigenvalue weighted by atomic mass is 32.1. The molecule has 7 nitrogen and oxygen atoms in total. The molecule has 0 fully saturated rings. The van der Waals surface area contributed by atoms with Crippen molar-refractivity contribution in [2.45, 2.75) is 19.1 Å². The SMILES string of the molecule is O=C(Nc1cscn1)N1CCc2cc(-c3noc(C(F)(F)F)n3)sc2C1. The molecule has 3 aromatic heterocycles. The first-order chi connectivity index (χ1) is 12.4. The maximum Gasteiger partial charge on any atom is 0.471 e. The summed E-state index contributed by atoms with van der Waals surface area (Å²) < 4.78 is 42.0. The Kier molecular flexibility index (Phi) is 4.15. The molecule has 0 saturated heterocycles. The van der Waals surface area contributed by atoms with Gasteiger partial charge in [-0.15, -0.1) is 22.7 Å². The number of fused-ring (bicyclic) bond motifs is 1. The van der Waals surface area contributed by atoms with Gasteiger partial charge in [0.1, 0.15) is 5.82 Å². The zero-order chi connectivity index (χ0) is 18.3. The van der Waals surface area contributed by atoms with Gasteiger partial charge in [-0.05, 0) is 18.1 Å². The van der Waals surface area contributed by atoms with Crippen LogP contribution in [0.25, 0.3) is 10.7 Å². The Bertz CT molecular complexity index is 935. The molecule has 4 rings (SSSR count). The highest BCUT2D eigenvalue weighted by Crippen LogP contribution is 2.35. The van der Waals surface area contributed by atoms with E-state index in [0.717, 1.165) is 10.4 Å². The predicted octanol–water partition coefficient (Wildman–Crippen LogP) is 3.86. The Morgan fingerprint density at radius 3 is 2.92 bits per heavy atom. The number of carbonyl (C=O) groups is 1. The fourth-order valence-electron chi connectivity index (χ4n) is 2.50.